The standard InChI is InChI=1S/C21H22N4O4S/c1-3-14-4-6-15(7-5-14)19-13-30-21(23-19)24-20(26)17-12-16(25(27)28)8-9-18(17)22-10-11-29-2/h4-9,12-13,22H,3,10-11H2,1-2H3,(H,23,24,26). The van der Waals surface area contributed by atoms with Gasteiger partial charge >= 0.3 is 0 Å². The van der Waals surface area contributed by atoms with Crippen molar-refractivity contribution in [2.75, 3.05) is 30.9 Å². The van der Waals surface area contributed by atoms with Crippen molar-refractivity contribution >= 4 is 33.8 Å². The highest BCUT2D eigenvalue weighted by Gasteiger charge is 2.18. The number of carbonyl (C=O) groups is 1. The number of aromatic nitrogens is 1. The zero-order valence-electron chi connectivity index (χ0n) is 16.7. The molecule has 0 aliphatic heterocycles. The third kappa shape index (κ3) is 5.19. The molecule has 0 saturated heterocycles. The van der Waals surface area contributed by atoms with Crippen molar-refractivity contribution in [2.24, 2.45) is 0 Å². The molecule has 0 bridgehead atoms. The lowest BCUT2D eigenvalue weighted by Crippen LogP contribution is -2.16. The van der Waals surface area contributed by atoms with Crippen LogP contribution in [0.1, 0.15) is 22.8 Å². The number of nitro benzene ring substituents is 1. The van der Waals surface area contributed by atoms with Gasteiger partial charge in [-0.25, -0.2) is 4.98 Å². The quantitative estimate of drug-likeness (QED) is 0.294. The molecule has 0 fully saturated rings. The Labute approximate surface area is 178 Å². The predicted octanol–water partition coefficient (Wildman–Crippen LogP) is 4.59. The second kappa shape index (κ2) is 9.95. The van der Waals surface area contributed by atoms with Gasteiger partial charge in [-0.05, 0) is 18.1 Å². The van der Waals surface area contributed by atoms with Gasteiger partial charge in [0.2, 0.25) is 0 Å². The first kappa shape index (κ1) is 21.4. The van der Waals surface area contributed by atoms with E-state index in [1.807, 2.05) is 29.6 Å². The fourth-order valence-corrected chi connectivity index (χ4v) is 3.53. The Kier molecular flexibility index (Phi) is 7.10. The molecule has 1 aromatic heterocycles. The Balaban J connectivity index is 1.80. The molecule has 0 radical (unpaired) electrons. The molecule has 0 saturated carbocycles. The van der Waals surface area contributed by atoms with Crippen LogP contribution in [0.4, 0.5) is 16.5 Å². The number of benzene rings is 2. The lowest BCUT2D eigenvalue weighted by Gasteiger charge is -2.11. The number of anilines is 2. The Bertz CT molecular complexity index is 1030. The first-order valence-corrected chi connectivity index (χ1v) is 10.3. The number of rotatable bonds is 9. The summed E-state index contributed by atoms with van der Waals surface area (Å²) >= 11 is 1.30. The van der Waals surface area contributed by atoms with E-state index >= 15 is 0 Å². The molecule has 0 aliphatic rings. The summed E-state index contributed by atoms with van der Waals surface area (Å²) in [6, 6.07) is 12.2. The molecule has 2 N–H and O–H groups in total. The van der Waals surface area contributed by atoms with Crippen molar-refractivity contribution in [2.45, 2.75) is 13.3 Å². The topological polar surface area (TPSA) is 106 Å². The van der Waals surface area contributed by atoms with Gasteiger partial charge in [0.25, 0.3) is 11.6 Å². The van der Waals surface area contributed by atoms with Crippen LogP contribution in [0.25, 0.3) is 11.3 Å². The van der Waals surface area contributed by atoms with Crippen LogP contribution in [-0.2, 0) is 11.2 Å². The Morgan fingerprint density at radius 2 is 2.00 bits per heavy atom. The van der Waals surface area contributed by atoms with Gasteiger partial charge in [-0.2, -0.15) is 0 Å². The van der Waals surface area contributed by atoms with Crippen molar-refractivity contribution < 1.29 is 14.5 Å². The van der Waals surface area contributed by atoms with Crippen molar-refractivity contribution in [1.29, 1.82) is 0 Å². The predicted molar refractivity (Wildman–Crippen MR) is 118 cm³/mol. The van der Waals surface area contributed by atoms with Gasteiger partial charge in [-0.1, -0.05) is 31.2 Å². The molecule has 156 valence electrons. The van der Waals surface area contributed by atoms with Crippen LogP contribution in [-0.4, -0.2) is 36.1 Å². The maximum Gasteiger partial charge on any atom is 0.270 e. The van der Waals surface area contributed by atoms with E-state index in [0.717, 1.165) is 17.7 Å². The molecule has 30 heavy (non-hydrogen) atoms. The smallest absolute Gasteiger partial charge is 0.270 e. The number of hydrogen-bond acceptors (Lipinski definition) is 7. The second-order valence-corrected chi connectivity index (χ2v) is 7.31. The van der Waals surface area contributed by atoms with Crippen LogP contribution in [0.5, 0.6) is 0 Å². The van der Waals surface area contributed by atoms with E-state index < -0.39 is 10.8 Å². The largest absolute Gasteiger partial charge is 0.383 e. The van der Waals surface area contributed by atoms with Crippen LogP contribution in [0.15, 0.2) is 47.8 Å². The van der Waals surface area contributed by atoms with Gasteiger partial charge in [0.15, 0.2) is 5.13 Å². The summed E-state index contributed by atoms with van der Waals surface area (Å²) in [7, 11) is 1.57. The highest BCUT2D eigenvalue weighted by Crippen LogP contribution is 2.27. The number of ether oxygens (including phenoxy) is 1. The highest BCUT2D eigenvalue weighted by molar-refractivity contribution is 7.14. The lowest BCUT2D eigenvalue weighted by molar-refractivity contribution is -0.384. The average molecular weight is 426 g/mol. The van der Waals surface area contributed by atoms with Gasteiger partial charge in [-0.3, -0.25) is 20.2 Å². The number of thiazole rings is 1. The number of amides is 1. The summed E-state index contributed by atoms with van der Waals surface area (Å²) in [4.78, 5) is 27.9. The maximum atomic E-state index is 12.8. The maximum absolute atomic E-state index is 12.8. The van der Waals surface area contributed by atoms with Crippen molar-refractivity contribution in [1.82, 2.24) is 4.98 Å². The zero-order valence-corrected chi connectivity index (χ0v) is 17.5. The van der Waals surface area contributed by atoms with Crippen LogP contribution in [0.3, 0.4) is 0 Å². The lowest BCUT2D eigenvalue weighted by atomic mass is 10.1. The molecule has 0 unspecified atom stereocenters. The number of nitrogens with one attached hydrogen (secondary N) is 2. The van der Waals surface area contributed by atoms with E-state index in [9.17, 15) is 14.9 Å². The number of nitro groups is 1. The molecular formula is C21H22N4O4S. The second-order valence-electron chi connectivity index (χ2n) is 6.45. The average Bonchev–Trinajstić information content (AvgIpc) is 3.22. The summed E-state index contributed by atoms with van der Waals surface area (Å²) in [5, 5.41) is 19.2. The third-order valence-corrected chi connectivity index (χ3v) is 5.22. The molecule has 0 atom stereocenters. The fourth-order valence-electron chi connectivity index (χ4n) is 2.81. The Hall–Kier alpha value is -3.30. The highest BCUT2D eigenvalue weighted by atomic mass is 32.1. The summed E-state index contributed by atoms with van der Waals surface area (Å²) in [6.45, 7) is 2.99. The van der Waals surface area contributed by atoms with Crippen LogP contribution >= 0.6 is 11.3 Å². The molecule has 0 spiro atoms. The summed E-state index contributed by atoms with van der Waals surface area (Å²) < 4.78 is 5.00. The first-order valence-electron chi connectivity index (χ1n) is 9.39. The normalized spacial score (nSPS) is 10.6. The summed E-state index contributed by atoms with van der Waals surface area (Å²) in [6.07, 6.45) is 0.961. The van der Waals surface area contributed by atoms with Crippen molar-refractivity contribution in [3.63, 3.8) is 0 Å². The summed E-state index contributed by atoms with van der Waals surface area (Å²) in [5.41, 5.74) is 3.46. The molecule has 8 nitrogen and oxygen atoms in total. The van der Waals surface area contributed by atoms with Crippen LogP contribution in [0, 0.1) is 10.1 Å². The number of carbonyl (C=O) groups excluding carboxylic acids is 1. The molecule has 0 aliphatic carbocycles. The van der Waals surface area contributed by atoms with Gasteiger partial charge in [0.05, 0.1) is 22.8 Å². The number of hydrogen-bond donors (Lipinski definition) is 2. The minimum Gasteiger partial charge on any atom is -0.383 e. The minimum absolute atomic E-state index is 0.159. The van der Waals surface area contributed by atoms with E-state index in [1.165, 1.54) is 35.1 Å². The molecule has 9 heteroatoms. The SMILES string of the molecule is CCc1ccc(-c2csc(NC(=O)c3cc([N+](=O)[O-])ccc3NCCOC)n2)cc1. The van der Waals surface area contributed by atoms with Crippen LogP contribution in [0.2, 0.25) is 0 Å². The van der Waals surface area contributed by atoms with Gasteiger partial charge in [0.1, 0.15) is 0 Å². The first-order chi connectivity index (χ1) is 14.5. The third-order valence-electron chi connectivity index (χ3n) is 4.46. The molecule has 1 heterocycles. The number of methoxy groups -OCH3 is 1. The van der Waals surface area contributed by atoms with Crippen molar-refractivity contribution in [3.05, 3.63) is 69.1 Å². The van der Waals surface area contributed by atoms with E-state index in [0.29, 0.717) is 24.0 Å². The minimum atomic E-state index is -0.531. The molecule has 3 aromatic rings. The van der Waals surface area contributed by atoms with E-state index in [2.05, 4.69) is 22.5 Å². The molecule has 2 aromatic carbocycles. The van der Waals surface area contributed by atoms with E-state index in [4.69, 9.17) is 4.74 Å². The number of aryl methyl sites for hydroxylation is 1. The Morgan fingerprint density at radius 1 is 1.23 bits per heavy atom. The number of nitrogens with zero attached hydrogens (tertiary/aromatic N) is 2. The van der Waals surface area contributed by atoms with Crippen molar-refractivity contribution in [3.8, 4) is 11.3 Å². The molecule has 3 rings (SSSR count). The number of non-ortho nitro benzene ring substituents is 1. The van der Waals surface area contributed by atoms with Gasteiger partial charge in [-0.15, -0.1) is 11.3 Å². The zero-order chi connectivity index (χ0) is 21.5. The van der Waals surface area contributed by atoms with Crippen LogP contribution < -0.4 is 10.6 Å². The monoisotopic (exact) mass is 426 g/mol. The fraction of sp³-hybridized carbons (Fsp3) is 0.238. The molecular weight excluding hydrogens is 404 g/mol. The van der Waals surface area contributed by atoms with Gasteiger partial charge in [0, 0.05) is 42.4 Å². The Morgan fingerprint density at radius 3 is 2.67 bits per heavy atom. The van der Waals surface area contributed by atoms with Gasteiger partial charge < -0.3 is 10.1 Å². The van der Waals surface area contributed by atoms with E-state index in [-0.39, 0.29) is 11.3 Å². The summed E-state index contributed by atoms with van der Waals surface area (Å²) in [5.74, 6) is -0.471. The molecule has 1 amide bonds. The van der Waals surface area contributed by atoms with E-state index in [1.54, 1.807) is 7.11 Å².